The Morgan fingerprint density at radius 1 is 1.42 bits per heavy atom. The van der Waals surface area contributed by atoms with Crippen molar-refractivity contribution in [3.63, 3.8) is 0 Å². The zero-order chi connectivity index (χ0) is 13.9. The van der Waals surface area contributed by atoms with Crippen LogP contribution in [0.3, 0.4) is 0 Å². The fourth-order valence-corrected chi connectivity index (χ4v) is 4.95. The molecule has 0 saturated heterocycles. The summed E-state index contributed by atoms with van der Waals surface area (Å²) in [4.78, 5) is 3.95. The van der Waals surface area contributed by atoms with Crippen LogP contribution in [0.15, 0.2) is 15.9 Å². The number of rotatable bonds is 6. The molecule has 2 nitrogen and oxygen atoms in total. The van der Waals surface area contributed by atoms with Gasteiger partial charge in [-0.1, -0.05) is 19.8 Å². The predicted molar refractivity (Wildman–Crippen MR) is 88.1 cm³/mol. The molecule has 1 heterocycles. The molecule has 1 unspecified atom stereocenters. The van der Waals surface area contributed by atoms with Crippen molar-refractivity contribution < 1.29 is 0 Å². The van der Waals surface area contributed by atoms with Crippen LogP contribution in [0.4, 0.5) is 0 Å². The summed E-state index contributed by atoms with van der Waals surface area (Å²) in [6, 6.07) is 2.83. The van der Waals surface area contributed by atoms with Crippen molar-refractivity contribution in [2.45, 2.75) is 50.6 Å². The largest absolute Gasteiger partial charge is 0.312 e. The van der Waals surface area contributed by atoms with Crippen LogP contribution in [-0.2, 0) is 6.42 Å². The lowest BCUT2D eigenvalue weighted by molar-refractivity contribution is 0.105. The highest BCUT2D eigenvalue weighted by Gasteiger charge is 2.42. The molecule has 0 aliphatic heterocycles. The van der Waals surface area contributed by atoms with Gasteiger partial charge in [-0.15, -0.1) is 11.3 Å². The van der Waals surface area contributed by atoms with Gasteiger partial charge >= 0.3 is 0 Å². The van der Waals surface area contributed by atoms with Crippen LogP contribution in [-0.4, -0.2) is 37.1 Å². The van der Waals surface area contributed by atoms with Gasteiger partial charge in [-0.25, -0.2) is 0 Å². The van der Waals surface area contributed by atoms with Crippen LogP contribution in [0, 0.1) is 0 Å². The molecule has 4 heteroatoms. The molecule has 108 valence electrons. The van der Waals surface area contributed by atoms with E-state index in [9.17, 15) is 0 Å². The summed E-state index contributed by atoms with van der Waals surface area (Å²) in [7, 11) is 4.50. The minimum atomic E-state index is 0.340. The number of hydrogen-bond donors (Lipinski definition) is 1. The van der Waals surface area contributed by atoms with Gasteiger partial charge in [0.1, 0.15) is 0 Å². The van der Waals surface area contributed by atoms with Gasteiger partial charge in [0.2, 0.25) is 0 Å². The van der Waals surface area contributed by atoms with Crippen molar-refractivity contribution in [2.24, 2.45) is 0 Å². The molecule has 1 saturated carbocycles. The molecular weight excluding hydrogens is 320 g/mol. The smallest absolute Gasteiger partial charge is 0.0359 e. The molecule has 0 aromatic carbocycles. The average molecular weight is 345 g/mol. The Balaban J connectivity index is 2.18. The number of halogens is 1. The zero-order valence-corrected chi connectivity index (χ0v) is 14.6. The van der Waals surface area contributed by atoms with Crippen molar-refractivity contribution in [2.75, 3.05) is 20.6 Å². The predicted octanol–water partition coefficient (Wildman–Crippen LogP) is 3.91. The van der Waals surface area contributed by atoms with Crippen LogP contribution in [0.25, 0.3) is 0 Å². The second-order valence-corrected chi connectivity index (χ2v) is 7.66. The fraction of sp³-hybridized carbons (Fsp3) is 0.733. The minimum absolute atomic E-state index is 0.340. The van der Waals surface area contributed by atoms with Crippen LogP contribution >= 0.6 is 27.3 Å². The van der Waals surface area contributed by atoms with E-state index in [4.69, 9.17) is 0 Å². The van der Waals surface area contributed by atoms with Gasteiger partial charge in [0.15, 0.2) is 0 Å². The highest BCUT2D eigenvalue weighted by atomic mass is 79.9. The second kappa shape index (κ2) is 6.70. The molecule has 0 bridgehead atoms. The third-order valence-electron chi connectivity index (χ3n) is 4.49. The molecular formula is C15H25BrN2S. The van der Waals surface area contributed by atoms with Gasteiger partial charge < -0.3 is 10.2 Å². The molecule has 0 spiro atoms. The molecule has 2 rings (SSSR count). The Labute approximate surface area is 129 Å². The number of hydrogen-bond acceptors (Lipinski definition) is 3. The first-order chi connectivity index (χ1) is 9.08. The quantitative estimate of drug-likeness (QED) is 0.841. The van der Waals surface area contributed by atoms with Crippen LogP contribution in [0.1, 0.15) is 37.5 Å². The molecule has 0 amide bonds. The van der Waals surface area contributed by atoms with Crippen molar-refractivity contribution in [1.29, 1.82) is 0 Å². The van der Waals surface area contributed by atoms with Crippen molar-refractivity contribution >= 4 is 27.3 Å². The van der Waals surface area contributed by atoms with E-state index in [0.29, 0.717) is 11.6 Å². The SMILES string of the molecule is CCNC(Cc1cc(Br)cs1)C1(N(C)C)CCCC1. The summed E-state index contributed by atoms with van der Waals surface area (Å²) in [5.74, 6) is 0. The molecule has 1 fully saturated rings. The Hall–Kier alpha value is 0.1000. The van der Waals surface area contributed by atoms with Gasteiger partial charge in [0, 0.05) is 26.3 Å². The van der Waals surface area contributed by atoms with Gasteiger partial charge in [-0.3, -0.25) is 0 Å². The van der Waals surface area contributed by atoms with Crippen molar-refractivity contribution in [3.8, 4) is 0 Å². The molecule has 19 heavy (non-hydrogen) atoms. The third-order valence-corrected chi connectivity index (χ3v) is 6.21. The maximum atomic E-state index is 3.75. The van der Waals surface area contributed by atoms with E-state index in [1.165, 1.54) is 35.0 Å². The Kier molecular flexibility index (Phi) is 5.46. The highest BCUT2D eigenvalue weighted by Crippen LogP contribution is 2.38. The number of thiophene rings is 1. The summed E-state index contributed by atoms with van der Waals surface area (Å²) in [6.07, 6.45) is 6.53. The first kappa shape index (κ1) is 15.5. The topological polar surface area (TPSA) is 15.3 Å². The van der Waals surface area contributed by atoms with Crippen LogP contribution in [0.2, 0.25) is 0 Å². The van der Waals surface area contributed by atoms with E-state index < -0.39 is 0 Å². The monoisotopic (exact) mass is 344 g/mol. The summed E-state index contributed by atoms with van der Waals surface area (Å²) >= 11 is 5.43. The van der Waals surface area contributed by atoms with Crippen LogP contribution in [0.5, 0.6) is 0 Å². The number of likely N-dealkylation sites (N-methyl/N-ethyl adjacent to an activating group) is 2. The first-order valence-corrected chi connectivity index (χ1v) is 8.89. The zero-order valence-electron chi connectivity index (χ0n) is 12.2. The number of nitrogens with one attached hydrogen (secondary N) is 1. The molecule has 1 aliphatic rings. The Morgan fingerprint density at radius 2 is 2.11 bits per heavy atom. The molecule has 1 aliphatic carbocycles. The Bertz CT molecular complexity index is 397. The summed E-state index contributed by atoms with van der Waals surface area (Å²) < 4.78 is 1.22. The lowest BCUT2D eigenvalue weighted by Crippen LogP contribution is -2.58. The molecule has 0 radical (unpaired) electrons. The maximum Gasteiger partial charge on any atom is 0.0359 e. The van der Waals surface area contributed by atoms with E-state index in [0.717, 1.165) is 13.0 Å². The minimum Gasteiger partial charge on any atom is -0.312 e. The molecule has 1 aromatic rings. The summed E-state index contributed by atoms with van der Waals surface area (Å²) in [6.45, 7) is 3.27. The highest BCUT2D eigenvalue weighted by molar-refractivity contribution is 9.10. The fourth-order valence-electron chi connectivity index (χ4n) is 3.46. The maximum absolute atomic E-state index is 3.75. The van der Waals surface area contributed by atoms with E-state index >= 15 is 0 Å². The lowest BCUT2D eigenvalue weighted by atomic mass is 9.84. The Morgan fingerprint density at radius 3 is 2.58 bits per heavy atom. The van der Waals surface area contributed by atoms with Gasteiger partial charge in [-0.05, 0) is 61.9 Å². The van der Waals surface area contributed by atoms with E-state index in [-0.39, 0.29) is 0 Å². The van der Waals surface area contributed by atoms with E-state index in [2.05, 4.69) is 58.6 Å². The van der Waals surface area contributed by atoms with Crippen molar-refractivity contribution in [1.82, 2.24) is 10.2 Å². The molecule has 1 N–H and O–H groups in total. The molecule has 1 atom stereocenters. The average Bonchev–Trinajstić information content (AvgIpc) is 2.98. The van der Waals surface area contributed by atoms with Gasteiger partial charge in [0.25, 0.3) is 0 Å². The van der Waals surface area contributed by atoms with E-state index in [1.807, 2.05) is 11.3 Å². The molecule has 1 aromatic heterocycles. The first-order valence-electron chi connectivity index (χ1n) is 7.22. The second-order valence-electron chi connectivity index (χ2n) is 5.75. The summed E-state index contributed by atoms with van der Waals surface area (Å²) in [5.41, 5.74) is 0.340. The van der Waals surface area contributed by atoms with Gasteiger partial charge in [-0.2, -0.15) is 0 Å². The summed E-state index contributed by atoms with van der Waals surface area (Å²) in [5, 5.41) is 5.94. The van der Waals surface area contributed by atoms with Crippen LogP contribution < -0.4 is 5.32 Å². The normalized spacial score (nSPS) is 20.1. The third kappa shape index (κ3) is 3.41. The number of nitrogens with zero attached hydrogens (tertiary/aromatic N) is 1. The lowest BCUT2D eigenvalue weighted by Gasteiger charge is -2.43. The standard InChI is InChI=1S/C15H25BrN2S/c1-4-17-14(10-13-9-12(16)11-19-13)15(18(2)3)7-5-6-8-15/h9,11,14,17H,4-8,10H2,1-3H3. The van der Waals surface area contributed by atoms with Gasteiger partial charge in [0.05, 0.1) is 0 Å². The van der Waals surface area contributed by atoms with E-state index in [1.54, 1.807) is 0 Å². The van der Waals surface area contributed by atoms with Crippen molar-refractivity contribution in [3.05, 3.63) is 20.8 Å².